The second kappa shape index (κ2) is 9.37. The zero-order valence-electron chi connectivity index (χ0n) is 16.2. The molecule has 1 saturated heterocycles. The number of piperazine rings is 1. The van der Waals surface area contributed by atoms with Crippen LogP contribution in [-0.4, -0.2) is 67.3 Å². The van der Waals surface area contributed by atoms with Crippen LogP contribution in [0.15, 0.2) is 17.5 Å². The average Bonchev–Trinajstić information content (AvgIpc) is 3.06. The lowest BCUT2D eigenvalue weighted by atomic mass is 9.99. The Morgan fingerprint density at radius 2 is 1.92 bits per heavy atom. The molecule has 0 aromatic carbocycles. The molecule has 0 saturated carbocycles. The van der Waals surface area contributed by atoms with E-state index in [1.54, 1.807) is 16.2 Å². The summed E-state index contributed by atoms with van der Waals surface area (Å²) in [5.74, 6) is 0.0492. The van der Waals surface area contributed by atoms with Crippen molar-refractivity contribution < 1.29 is 19.1 Å². The summed E-state index contributed by atoms with van der Waals surface area (Å²) in [5.41, 5.74) is -0.472. The molecule has 2 rings (SSSR count). The highest BCUT2D eigenvalue weighted by molar-refractivity contribution is 7.09. The minimum atomic E-state index is -0.472. The van der Waals surface area contributed by atoms with Crippen LogP contribution in [0.4, 0.5) is 4.79 Å². The lowest BCUT2D eigenvalue weighted by Gasteiger charge is -2.37. The van der Waals surface area contributed by atoms with Gasteiger partial charge in [-0.3, -0.25) is 9.69 Å². The van der Waals surface area contributed by atoms with Crippen LogP contribution in [0.1, 0.15) is 32.1 Å². The van der Waals surface area contributed by atoms with Gasteiger partial charge in [0, 0.05) is 44.0 Å². The van der Waals surface area contributed by atoms with E-state index in [0.29, 0.717) is 19.5 Å². The van der Waals surface area contributed by atoms with Crippen molar-refractivity contribution in [2.24, 2.45) is 5.92 Å². The number of esters is 1. The average molecular weight is 383 g/mol. The van der Waals surface area contributed by atoms with Crippen molar-refractivity contribution in [3.05, 3.63) is 22.4 Å². The Balaban J connectivity index is 1.85. The van der Waals surface area contributed by atoms with Gasteiger partial charge in [-0.1, -0.05) is 6.07 Å². The number of nitrogens with zero attached hydrogens (tertiary/aromatic N) is 2. The molecule has 1 aliphatic rings. The Hall–Kier alpha value is -1.60. The molecule has 1 fully saturated rings. The summed E-state index contributed by atoms with van der Waals surface area (Å²) < 4.78 is 10.3. The highest BCUT2D eigenvalue weighted by Crippen LogP contribution is 2.20. The van der Waals surface area contributed by atoms with Gasteiger partial charge in [0.05, 0.1) is 7.11 Å². The summed E-state index contributed by atoms with van der Waals surface area (Å²) in [6.45, 7) is 9.35. The van der Waals surface area contributed by atoms with Gasteiger partial charge in [0.25, 0.3) is 0 Å². The van der Waals surface area contributed by atoms with Crippen LogP contribution in [-0.2, 0) is 20.7 Å². The molecule has 7 heteroatoms. The Morgan fingerprint density at radius 3 is 2.46 bits per heavy atom. The maximum atomic E-state index is 12.2. The van der Waals surface area contributed by atoms with Crippen molar-refractivity contribution in [3.63, 3.8) is 0 Å². The van der Waals surface area contributed by atoms with Gasteiger partial charge >= 0.3 is 12.1 Å². The highest BCUT2D eigenvalue weighted by atomic mass is 32.1. The summed E-state index contributed by atoms with van der Waals surface area (Å²) in [5, 5.41) is 2.06. The normalized spacial score (nSPS) is 17.0. The molecule has 1 atom stereocenters. The maximum Gasteiger partial charge on any atom is 0.410 e. The molecule has 0 spiro atoms. The van der Waals surface area contributed by atoms with E-state index in [1.165, 1.54) is 12.0 Å². The molecular formula is C19H30N2O4S. The number of hydrogen-bond donors (Lipinski definition) is 0. The van der Waals surface area contributed by atoms with E-state index in [2.05, 4.69) is 16.3 Å². The fourth-order valence-electron chi connectivity index (χ4n) is 3.04. The first-order valence-electron chi connectivity index (χ1n) is 9.06. The number of hydrogen-bond acceptors (Lipinski definition) is 6. The predicted molar refractivity (Wildman–Crippen MR) is 102 cm³/mol. The van der Waals surface area contributed by atoms with Crippen LogP contribution in [0.5, 0.6) is 0 Å². The zero-order valence-corrected chi connectivity index (χ0v) is 17.0. The second-order valence-corrected chi connectivity index (χ2v) is 8.73. The number of rotatable bonds is 6. The molecule has 1 aromatic heterocycles. The molecule has 0 N–H and O–H groups in total. The monoisotopic (exact) mass is 382 g/mol. The van der Waals surface area contributed by atoms with Crippen molar-refractivity contribution in [3.8, 4) is 0 Å². The topological polar surface area (TPSA) is 59.1 Å². The van der Waals surface area contributed by atoms with Crippen LogP contribution >= 0.6 is 11.3 Å². The summed E-state index contributed by atoms with van der Waals surface area (Å²) >= 11 is 1.72. The minimum absolute atomic E-state index is 0.168. The Bertz CT molecular complexity index is 575. The lowest BCUT2D eigenvalue weighted by molar-refractivity contribution is -0.141. The van der Waals surface area contributed by atoms with Crippen LogP contribution < -0.4 is 0 Å². The summed E-state index contributed by atoms with van der Waals surface area (Å²) in [7, 11) is 1.43. The van der Waals surface area contributed by atoms with Gasteiger partial charge in [0.15, 0.2) is 0 Å². The molecule has 1 aromatic rings. The van der Waals surface area contributed by atoms with E-state index in [0.717, 1.165) is 26.1 Å². The lowest BCUT2D eigenvalue weighted by Crippen LogP contribution is -2.51. The number of methoxy groups -OCH3 is 1. The van der Waals surface area contributed by atoms with Gasteiger partial charge in [0.2, 0.25) is 0 Å². The third-order valence-electron chi connectivity index (χ3n) is 4.29. The molecular weight excluding hydrogens is 352 g/mol. The number of carbonyl (C=O) groups is 2. The molecule has 1 unspecified atom stereocenters. The van der Waals surface area contributed by atoms with E-state index in [1.807, 2.05) is 26.8 Å². The first kappa shape index (κ1) is 20.7. The van der Waals surface area contributed by atoms with Crippen LogP contribution in [0, 0.1) is 5.92 Å². The number of thiophene rings is 1. The van der Waals surface area contributed by atoms with Gasteiger partial charge < -0.3 is 14.4 Å². The molecule has 6 nitrogen and oxygen atoms in total. The first-order chi connectivity index (χ1) is 12.3. The predicted octanol–water partition coefficient (Wildman–Crippen LogP) is 3.02. The highest BCUT2D eigenvalue weighted by Gasteiger charge is 2.27. The van der Waals surface area contributed by atoms with E-state index >= 15 is 0 Å². The molecule has 1 aliphatic heterocycles. The Kier molecular flexibility index (Phi) is 7.46. The van der Waals surface area contributed by atoms with E-state index in [-0.39, 0.29) is 18.0 Å². The van der Waals surface area contributed by atoms with E-state index in [4.69, 9.17) is 9.47 Å². The first-order valence-corrected chi connectivity index (χ1v) is 9.94. The molecule has 2 heterocycles. The Morgan fingerprint density at radius 1 is 1.23 bits per heavy atom. The van der Waals surface area contributed by atoms with Crippen LogP contribution in [0.25, 0.3) is 0 Å². The third-order valence-corrected chi connectivity index (χ3v) is 5.19. The van der Waals surface area contributed by atoms with Gasteiger partial charge in [-0.25, -0.2) is 4.79 Å². The Labute approximate surface area is 160 Å². The summed E-state index contributed by atoms with van der Waals surface area (Å²) in [6, 6.07) is 4.14. The molecule has 0 radical (unpaired) electrons. The number of ether oxygens (including phenoxy) is 2. The largest absolute Gasteiger partial charge is 0.469 e. The molecule has 26 heavy (non-hydrogen) atoms. The van der Waals surface area contributed by atoms with Gasteiger partial charge in [0.1, 0.15) is 5.60 Å². The van der Waals surface area contributed by atoms with Crippen molar-refractivity contribution in [1.29, 1.82) is 0 Å². The zero-order chi connectivity index (χ0) is 19.2. The minimum Gasteiger partial charge on any atom is -0.469 e. The van der Waals surface area contributed by atoms with Crippen LogP contribution in [0.2, 0.25) is 0 Å². The third kappa shape index (κ3) is 6.96. The second-order valence-electron chi connectivity index (χ2n) is 7.70. The van der Waals surface area contributed by atoms with Gasteiger partial charge in [-0.2, -0.15) is 0 Å². The smallest absolute Gasteiger partial charge is 0.410 e. The van der Waals surface area contributed by atoms with Gasteiger partial charge in [-0.15, -0.1) is 11.3 Å². The van der Waals surface area contributed by atoms with Crippen molar-refractivity contribution in [2.45, 2.75) is 39.2 Å². The number of carbonyl (C=O) groups excluding carboxylic acids is 2. The summed E-state index contributed by atoms with van der Waals surface area (Å²) in [4.78, 5) is 29.3. The number of amides is 1. The fraction of sp³-hybridized carbons (Fsp3) is 0.684. The SMILES string of the molecule is COC(=O)CC(Cc1cccs1)CN1CCN(C(=O)OC(C)(C)C)CC1. The van der Waals surface area contributed by atoms with E-state index < -0.39 is 5.60 Å². The van der Waals surface area contributed by atoms with Crippen LogP contribution in [0.3, 0.4) is 0 Å². The fourth-order valence-corrected chi connectivity index (χ4v) is 3.86. The quantitative estimate of drug-likeness (QED) is 0.708. The standard InChI is InChI=1S/C19H30N2O4S/c1-19(2,3)25-18(23)21-9-7-20(8-10-21)14-15(13-17(22)24-4)12-16-6-5-11-26-16/h5-6,11,15H,7-10,12-14H2,1-4H3. The molecule has 0 aliphatic carbocycles. The van der Waals surface area contributed by atoms with Crippen molar-refractivity contribution in [2.75, 3.05) is 39.8 Å². The summed E-state index contributed by atoms with van der Waals surface area (Å²) in [6.07, 6.45) is 1.04. The van der Waals surface area contributed by atoms with Crippen molar-refractivity contribution in [1.82, 2.24) is 9.80 Å². The molecule has 146 valence electrons. The van der Waals surface area contributed by atoms with E-state index in [9.17, 15) is 9.59 Å². The molecule has 0 bridgehead atoms. The van der Waals surface area contributed by atoms with Crippen molar-refractivity contribution >= 4 is 23.4 Å². The molecule has 1 amide bonds. The maximum absolute atomic E-state index is 12.2. The van der Waals surface area contributed by atoms with Gasteiger partial charge in [-0.05, 0) is 44.6 Å².